The summed E-state index contributed by atoms with van der Waals surface area (Å²) in [5.41, 5.74) is 35.2. The Morgan fingerprint density at radius 2 is 0.641 bits per heavy atom. The molecule has 0 fully saturated rings. The largest absolute Gasteiger partial charge is 0.311 e. The molecule has 0 unspecified atom stereocenters. The second-order valence-corrected chi connectivity index (χ2v) is 36.5. The van der Waals surface area contributed by atoms with Gasteiger partial charge >= 0.3 is 0 Å². The second kappa shape index (κ2) is 22.2. The van der Waals surface area contributed by atoms with E-state index in [0.717, 1.165) is 52.7 Å². The topological polar surface area (TPSA) is 16.3 Å². The molecule has 2 aliphatic heterocycles. The molecule has 2 aromatic heterocycles. The molecule has 0 atom stereocenters. The summed E-state index contributed by atoms with van der Waals surface area (Å²) < 4.78 is 5.09. The predicted octanol–water partition coefficient (Wildman–Crippen LogP) is 24.8. The molecule has 0 saturated heterocycles. The van der Waals surface area contributed by atoms with Gasteiger partial charge < -0.3 is 18.9 Å². The maximum atomic E-state index is 2.64. The van der Waals surface area contributed by atoms with Gasteiger partial charge in [0.2, 0.25) is 0 Å². The third kappa shape index (κ3) is 10.2. The molecule has 0 amide bonds. The van der Waals surface area contributed by atoms with Gasteiger partial charge in [0.15, 0.2) is 0 Å². The molecule has 5 heteroatoms. The molecule has 4 aliphatic rings. The van der Waals surface area contributed by atoms with Gasteiger partial charge in [-0.15, -0.1) is 0 Å². The van der Waals surface area contributed by atoms with Crippen molar-refractivity contribution in [2.75, 3.05) is 9.80 Å². The first-order valence-corrected chi connectivity index (χ1v) is 37.7. The van der Waals surface area contributed by atoms with Crippen molar-refractivity contribution < 1.29 is 0 Å². The number of hydrogen-bond donors (Lipinski definition) is 0. The number of benzene rings is 12. The minimum Gasteiger partial charge on any atom is -0.311 e. The van der Waals surface area contributed by atoms with Crippen molar-refractivity contribution >= 4 is 101 Å². The molecule has 4 heterocycles. The molecule has 4 nitrogen and oxygen atoms in total. The van der Waals surface area contributed by atoms with Gasteiger partial charge in [-0.1, -0.05) is 269 Å². The Morgan fingerprint density at radius 1 is 0.272 bits per heavy atom. The average molecular weight is 1340 g/mol. The van der Waals surface area contributed by atoms with E-state index in [9.17, 15) is 0 Å². The van der Waals surface area contributed by atoms with Crippen LogP contribution in [0.4, 0.5) is 34.1 Å². The van der Waals surface area contributed by atoms with Crippen molar-refractivity contribution in [3.8, 4) is 44.8 Å². The first-order valence-electron chi connectivity index (χ1n) is 37.7. The van der Waals surface area contributed by atoms with Crippen LogP contribution in [0.25, 0.3) is 88.4 Å². The van der Waals surface area contributed by atoms with Crippen LogP contribution in [0.2, 0.25) is 0 Å². The van der Waals surface area contributed by atoms with Crippen LogP contribution in [0.1, 0.15) is 169 Å². The van der Waals surface area contributed by atoms with Crippen LogP contribution in [0.5, 0.6) is 0 Å². The van der Waals surface area contributed by atoms with Gasteiger partial charge in [-0.25, -0.2) is 0 Å². The molecule has 103 heavy (non-hydrogen) atoms. The maximum Gasteiger partial charge on any atom is 0.252 e. The molecule has 0 bridgehead atoms. The van der Waals surface area contributed by atoms with Crippen LogP contribution in [0.15, 0.2) is 243 Å². The SMILES string of the molecule is CC(C)(C)c1ccc(-c2ccc3c(c2)B2c4ccc(-n5c6ccccc6c6ccccc65)cc4N(c4ccc(-c5ccc6c(c5)C(C)(C)CC6(C)C)cc4)c4cc(-n5c6ccc(C(C)(C)C)cc6c6cc(C(C)(C)C)ccc65)cc(c42)N3c2ccc(-c3ccc4c(c3)C(C)(C)CC4(C)C)cc2)cc1. The van der Waals surface area contributed by atoms with E-state index in [4.69, 9.17) is 0 Å². The van der Waals surface area contributed by atoms with E-state index < -0.39 is 0 Å². The van der Waals surface area contributed by atoms with E-state index in [-0.39, 0.29) is 44.6 Å². The first kappa shape index (κ1) is 65.0. The Balaban J connectivity index is 0.933. The number of fused-ring (bicyclic) bond motifs is 12. The lowest BCUT2D eigenvalue weighted by atomic mass is 9.33. The van der Waals surface area contributed by atoms with E-state index in [0.29, 0.717) is 0 Å². The van der Waals surface area contributed by atoms with E-state index >= 15 is 0 Å². The van der Waals surface area contributed by atoms with Crippen molar-refractivity contribution in [2.45, 2.75) is 168 Å². The molecule has 14 aromatic rings. The van der Waals surface area contributed by atoms with E-state index in [1.54, 1.807) is 0 Å². The van der Waals surface area contributed by atoms with Gasteiger partial charge in [0.1, 0.15) is 0 Å². The minimum absolute atomic E-state index is 0.0215. The van der Waals surface area contributed by atoms with Gasteiger partial charge in [-0.05, 0) is 230 Å². The molecule has 12 aromatic carbocycles. The van der Waals surface area contributed by atoms with Gasteiger partial charge in [-0.2, -0.15) is 0 Å². The predicted molar refractivity (Wildman–Crippen MR) is 443 cm³/mol. The average Bonchev–Trinajstić information content (AvgIpc) is 1.30. The lowest BCUT2D eigenvalue weighted by molar-refractivity contribution is 0.402. The Hall–Kier alpha value is -10.1. The molecule has 0 radical (unpaired) electrons. The van der Waals surface area contributed by atoms with Crippen LogP contribution >= 0.6 is 0 Å². The van der Waals surface area contributed by atoms with Crippen molar-refractivity contribution in [2.24, 2.45) is 0 Å². The normalized spacial score (nSPS) is 16.2. The standard InChI is InChI=1S/C98H95BN4/c1-92(2,3)66-35-26-60(27-36-66)65-34-47-87-82(52-65)99-81-46-43-71(102-83-24-20-18-22-73(83)74-23-19-21-25-84(74)102)55-88(81)101(70-41-30-62(31-42-70)64-33-45-78-80(51-64)98(16,17)59-96(78,12)13)90-57-72(103-85-48-37-67(93(4,5)6)53-75(85)76-54-68(94(7,8)9)38-49-86(76)103)56-89(91(90)99)100(87)69-39-28-61(29-40-69)63-32-44-77-79(50-63)97(14,15)58-95(77,10)11/h18-57H,58-59H2,1-17H3. The van der Waals surface area contributed by atoms with Gasteiger partial charge in [0.05, 0.1) is 27.8 Å². The zero-order valence-electron chi connectivity index (χ0n) is 63.4. The summed E-state index contributed by atoms with van der Waals surface area (Å²) >= 11 is 0. The van der Waals surface area contributed by atoms with Crippen molar-refractivity contribution in [1.82, 2.24) is 9.13 Å². The highest BCUT2D eigenvalue weighted by Crippen LogP contribution is 2.54. The first-order chi connectivity index (χ1) is 48.9. The zero-order chi connectivity index (χ0) is 71.6. The highest BCUT2D eigenvalue weighted by Gasteiger charge is 2.46. The van der Waals surface area contributed by atoms with E-state index in [2.05, 4.69) is 379 Å². The molecular formula is C98H95BN4. The Bertz CT molecular complexity index is 5740. The quantitative estimate of drug-likeness (QED) is 0.148. The molecule has 0 N–H and O–H groups in total. The van der Waals surface area contributed by atoms with Gasteiger partial charge in [-0.3, -0.25) is 0 Å². The molecule has 0 spiro atoms. The molecule has 18 rings (SSSR count). The smallest absolute Gasteiger partial charge is 0.252 e. The lowest BCUT2D eigenvalue weighted by Crippen LogP contribution is -2.61. The third-order valence-corrected chi connectivity index (χ3v) is 24.4. The number of aromatic nitrogens is 2. The summed E-state index contributed by atoms with van der Waals surface area (Å²) in [6.45, 7) is 40.2. The highest BCUT2D eigenvalue weighted by atomic mass is 15.2. The summed E-state index contributed by atoms with van der Waals surface area (Å²) in [6.07, 6.45) is 2.26. The Morgan fingerprint density at radius 3 is 1.12 bits per heavy atom. The van der Waals surface area contributed by atoms with Crippen LogP contribution in [0.3, 0.4) is 0 Å². The van der Waals surface area contributed by atoms with Crippen LogP contribution in [-0.4, -0.2) is 15.8 Å². The molecule has 0 saturated carbocycles. The number of para-hydroxylation sites is 2. The molecule has 2 aliphatic carbocycles. The summed E-state index contributed by atoms with van der Waals surface area (Å²) in [7, 11) is 0. The summed E-state index contributed by atoms with van der Waals surface area (Å²) in [5, 5.41) is 5.03. The van der Waals surface area contributed by atoms with Gasteiger partial charge in [0, 0.05) is 61.4 Å². The summed E-state index contributed by atoms with van der Waals surface area (Å²) in [4.78, 5) is 5.27. The number of hydrogen-bond acceptors (Lipinski definition) is 2. The number of nitrogens with zero attached hydrogens (tertiary/aromatic N) is 4. The number of anilines is 6. The van der Waals surface area contributed by atoms with Crippen LogP contribution < -0.4 is 26.2 Å². The second-order valence-electron chi connectivity index (χ2n) is 36.5. The van der Waals surface area contributed by atoms with Gasteiger partial charge in [0.25, 0.3) is 6.71 Å². The van der Waals surface area contributed by atoms with E-state index in [1.165, 1.54) is 138 Å². The summed E-state index contributed by atoms with van der Waals surface area (Å²) in [6, 6.07) is 95.4. The molecule has 510 valence electrons. The maximum absolute atomic E-state index is 2.64. The minimum atomic E-state index is -0.170. The Kier molecular flexibility index (Phi) is 14.0. The monoisotopic (exact) mass is 1340 g/mol. The molecular weight excluding hydrogens is 1240 g/mol. The summed E-state index contributed by atoms with van der Waals surface area (Å²) in [5.74, 6) is 0. The van der Waals surface area contributed by atoms with Crippen LogP contribution in [-0.2, 0) is 37.9 Å². The zero-order valence-corrected chi connectivity index (χ0v) is 63.4. The fourth-order valence-corrected chi connectivity index (χ4v) is 19.5. The fourth-order valence-electron chi connectivity index (χ4n) is 19.5. The number of rotatable bonds is 7. The van der Waals surface area contributed by atoms with Crippen LogP contribution in [0, 0.1) is 0 Å². The van der Waals surface area contributed by atoms with Crippen molar-refractivity contribution in [3.05, 3.63) is 282 Å². The Labute approximate surface area is 610 Å². The van der Waals surface area contributed by atoms with Crippen molar-refractivity contribution in [1.29, 1.82) is 0 Å². The highest BCUT2D eigenvalue weighted by molar-refractivity contribution is 7.00. The van der Waals surface area contributed by atoms with E-state index in [1.807, 2.05) is 0 Å². The lowest BCUT2D eigenvalue weighted by Gasteiger charge is -2.44. The third-order valence-electron chi connectivity index (χ3n) is 24.4. The fraction of sp³-hybridized carbons (Fsp3) is 0.265. The van der Waals surface area contributed by atoms with Crippen molar-refractivity contribution in [3.63, 3.8) is 0 Å².